The van der Waals surface area contributed by atoms with Gasteiger partial charge in [0.05, 0.1) is 0 Å². The van der Waals surface area contributed by atoms with Crippen molar-refractivity contribution in [3.05, 3.63) is 0 Å². The maximum absolute atomic E-state index is 7.31. The van der Waals surface area contributed by atoms with E-state index in [1.54, 1.807) is 0 Å². The SMILES string of the molecule is Bc1c(B)c(-c2c3c(B)c(B)c(B)c(B)c3c(-c3c(B)c(B)c4oc5c(B)c(B)c6c(B)c(B)c(B)c(B)c6c5c4c3B)c3c(B)c(B)c(B)c(B)c23)c(B)c(B)c1-c1c(B)c(B)c2c(B)c(B)c3c(B)c(B)c(B)c(B)c3c2c1B. The van der Waals surface area contributed by atoms with Gasteiger partial charge >= 0.3 is 0 Å². The molecule has 1 heterocycles. The maximum atomic E-state index is 7.31. The standard InChI is InChI=1S/C50H60B30O/c51-19-7-8-14(35(67)45(77)43(75)25(8)57)31(63)29(61)13(7)30(62)32(64)16(19)17-33(65)27(59)12(28(60)34(17)66)2-5-3(21(53)39(71)41(73)23(5)55)1(4-6(2)24(56)42(74)40(72)22(4)54)11-20(52)18-10-9-15(36(68)46(78)44(76)26(9)58)38(70)47(79)49(10)81-50(18)48(80)37(11)69/h51-80H2. The first-order chi connectivity index (χ1) is 37.8. The number of hydrogen-bond donors (Lipinski definition) is 0. The van der Waals surface area contributed by atoms with Crippen LogP contribution in [-0.4, -0.2) is 235 Å². The molecule has 0 aliphatic rings. The zero-order valence-electron chi connectivity index (χ0n) is 55.4. The van der Waals surface area contributed by atoms with Gasteiger partial charge in [0.2, 0.25) is 0 Å². The fourth-order valence-corrected chi connectivity index (χ4v) is 16.6. The molecule has 0 spiro atoms. The van der Waals surface area contributed by atoms with Crippen molar-refractivity contribution in [2.24, 2.45) is 0 Å². The van der Waals surface area contributed by atoms with Crippen LogP contribution in [0.2, 0.25) is 0 Å². The third-order valence-corrected chi connectivity index (χ3v) is 23.5. The minimum absolute atomic E-state index is 1.03. The van der Waals surface area contributed by atoms with Crippen molar-refractivity contribution in [3.63, 3.8) is 0 Å². The van der Waals surface area contributed by atoms with E-state index in [4.69, 9.17) is 4.42 Å². The smallest absolute Gasteiger partial charge is 0.143 e. The normalized spacial score (nSPS) is 12.0. The van der Waals surface area contributed by atoms with E-state index >= 15 is 0 Å². The lowest BCUT2D eigenvalue weighted by Gasteiger charge is -2.32. The molecule has 0 radical (unpaired) electrons. The van der Waals surface area contributed by atoms with Crippen LogP contribution in [0, 0.1) is 0 Å². The molecule has 0 aliphatic heterocycles. The average Bonchev–Trinajstić information content (AvgIpc) is 3.99. The van der Waals surface area contributed by atoms with E-state index in [2.05, 4.69) is 235 Å². The summed E-state index contributed by atoms with van der Waals surface area (Å²) >= 11 is 0. The summed E-state index contributed by atoms with van der Waals surface area (Å²) in [6.45, 7) is 0. The molecule has 0 amide bonds. The van der Waals surface area contributed by atoms with Crippen LogP contribution < -0.4 is 164 Å². The molecule has 11 rings (SSSR count). The lowest BCUT2D eigenvalue weighted by atomic mass is 9.55. The van der Waals surface area contributed by atoms with E-state index in [1.807, 2.05) is 0 Å². The third kappa shape index (κ3) is 7.30. The Morgan fingerprint density at radius 2 is 0.284 bits per heavy atom. The summed E-state index contributed by atoms with van der Waals surface area (Å²) in [6.07, 6.45) is 0. The minimum atomic E-state index is 1.03. The number of fused-ring (bicyclic) bond motifs is 10. The molecule has 0 saturated heterocycles. The summed E-state index contributed by atoms with van der Waals surface area (Å²) in [5, 5.41) is 16.6. The summed E-state index contributed by atoms with van der Waals surface area (Å²) < 4.78 is 7.31. The first-order valence-electron chi connectivity index (χ1n) is 30.2. The van der Waals surface area contributed by atoms with E-state index in [0.717, 1.165) is 11.2 Å². The molecular weight excluding hydrogens is 941 g/mol. The molecule has 0 N–H and O–H groups in total. The van der Waals surface area contributed by atoms with Gasteiger partial charge in [-0.2, -0.15) is 0 Å². The molecule has 0 saturated carbocycles. The molecule has 0 unspecified atom stereocenters. The highest BCUT2D eigenvalue weighted by molar-refractivity contribution is 6.79. The van der Waals surface area contributed by atoms with Crippen molar-refractivity contribution >= 4 is 475 Å². The number of benzene rings is 10. The van der Waals surface area contributed by atoms with Crippen molar-refractivity contribution in [1.29, 1.82) is 0 Å². The van der Waals surface area contributed by atoms with Crippen molar-refractivity contribution in [2.75, 3.05) is 0 Å². The summed E-state index contributed by atoms with van der Waals surface area (Å²) in [4.78, 5) is 0. The lowest BCUT2D eigenvalue weighted by molar-refractivity contribution is 0.675. The minimum Gasteiger partial charge on any atom is -0.457 e. The average molecular weight is 1000 g/mol. The van der Waals surface area contributed by atoms with Crippen LogP contribution in [-0.2, 0) is 0 Å². The second-order valence-electron chi connectivity index (χ2n) is 26.3. The van der Waals surface area contributed by atoms with Crippen LogP contribution in [0.3, 0.4) is 0 Å². The quantitative estimate of drug-likeness (QED) is 0.0977. The highest BCUT2D eigenvalue weighted by Crippen LogP contribution is 2.40. The van der Waals surface area contributed by atoms with Crippen molar-refractivity contribution in [2.45, 2.75) is 0 Å². The van der Waals surface area contributed by atoms with Gasteiger partial charge in [-0.15, -0.1) is 43.7 Å². The van der Waals surface area contributed by atoms with Crippen LogP contribution in [0.4, 0.5) is 0 Å². The number of rotatable bonds is 3. The van der Waals surface area contributed by atoms with Gasteiger partial charge < -0.3 is 4.42 Å². The summed E-state index contributed by atoms with van der Waals surface area (Å²) in [7, 11) is 71.4. The van der Waals surface area contributed by atoms with Crippen LogP contribution in [0.1, 0.15) is 0 Å². The van der Waals surface area contributed by atoms with Gasteiger partial charge in [-0.05, 0) is 87.2 Å². The molecule has 356 valence electrons. The predicted molar refractivity (Wildman–Crippen MR) is 463 cm³/mol. The van der Waals surface area contributed by atoms with Gasteiger partial charge in [-0.25, -0.2) is 0 Å². The van der Waals surface area contributed by atoms with Crippen molar-refractivity contribution < 1.29 is 4.42 Å². The van der Waals surface area contributed by atoms with E-state index in [1.165, 1.54) is 262 Å². The Kier molecular flexibility index (Phi) is 13.9. The zero-order chi connectivity index (χ0) is 59.6. The van der Waals surface area contributed by atoms with Crippen molar-refractivity contribution in [3.8, 4) is 33.4 Å². The summed E-state index contributed by atoms with van der Waals surface area (Å²) in [5.74, 6) is 0. The van der Waals surface area contributed by atoms with Crippen LogP contribution in [0.25, 0.3) is 109 Å². The Bertz CT molecular complexity index is 4820. The van der Waals surface area contributed by atoms with Crippen molar-refractivity contribution in [1.82, 2.24) is 0 Å². The molecule has 0 atom stereocenters. The molecule has 0 bridgehead atoms. The zero-order valence-corrected chi connectivity index (χ0v) is 55.4. The summed E-state index contributed by atoms with van der Waals surface area (Å²) in [5.41, 5.74) is 51.5. The van der Waals surface area contributed by atoms with E-state index in [-0.39, 0.29) is 0 Å². The van der Waals surface area contributed by atoms with E-state index < -0.39 is 0 Å². The Morgan fingerprint density at radius 1 is 0.111 bits per heavy atom. The molecule has 1 aromatic heterocycles. The monoisotopic (exact) mass is 1010 g/mol. The second-order valence-corrected chi connectivity index (χ2v) is 26.3. The molecule has 1 nitrogen and oxygen atoms in total. The molecular formula is C50H60B30O. The fourth-order valence-electron chi connectivity index (χ4n) is 16.6. The molecule has 0 aliphatic carbocycles. The summed E-state index contributed by atoms with van der Waals surface area (Å²) in [6, 6.07) is 0. The van der Waals surface area contributed by atoms with Gasteiger partial charge in [-0.3, -0.25) is 0 Å². The Hall–Kier alpha value is -4.75. The van der Waals surface area contributed by atoms with E-state index in [0.29, 0.717) is 0 Å². The van der Waals surface area contributed by atoms with E-state index in [9.17, 15) is 0 Å². The first kappa shape index (κ1) is 58.0. The fraction of sp³-hybridized carbons (Fsp3) is 0. The maximum Gasteiger partial charge on any atom is 0.143 e. The highest BCUT2D eigenvalue weighted by atomic mass is 16.3. The number of hydrogen-bond acceptors (Lipinski definition) is 1. The van der Waals surface area contributed by atoms with Gasteiger partial charge in [-0.1, -0.05) is 120 Å². The largest absolute Gasteiger partial charge is 0.457 e. The second kappa shape index (κ2) is 19.4. The van der Waals surface area contributed by atoms with Gasteiger partial charge in [0.15, 0.2) is 0 Å². The van der Waals surface area contributed by atoms with Crippen LogP contribution >= 0.6 is 0 Å². The number of furan rings is 1. The Labute approximate surface area is 509 Å². The van der Waals surface area contributed by atoms with Crippen LogP contribution in [0.5, 0.6) is 0 Å². The topological polar surface area (TPSA) is 13.1 Å². The highest BCUT2D eigenvalue weighted by Gasteiger charge is 2.32. The Balaban J connectivity index is 1.35. The van der Waals surface area contributed by atoms with Gasteiger partial charge in [0, 0.05) is 10.8 Å². The molecule has 81 heavy (non-hydrogen) atoms. The first-order valence-corrected chi connectivity index (χ1v) is 30.2. The third-order valence-electron chi connectivity index (χ3n) is 23.5. The van der Waals surface area contributed by atoms with Gasteiger partial charge in [0.25, 0.3) is 0 Å². The molecule has 10 aromatic carbocycles. The molecule has 11 aromatic rings. The van der Waals surface area contributed by atoms with Crippen LogP contribution in [0.15, 0.2) is 4.42 Å². The lowest BCUT2D eigenvalue weighted by Crippen LogP contribution is -2.52. The molecule has 0 fully saturated rings. The Morgan fingerprint density at radius 3 is 0.642 bits per heavy atom. The predicted octanol–water partition coefficient (Wildman–Crippen LogP) is -37.9. The molecule has 31 heteroatoms. The van der Waals surface area contributed by atoms with Gasteiger partial charge in [0.1, 0.15) is 247 Å².